The van der Waals surface area contributed by atoms with E-state index in [1.165, 1.54) is 11.5 Å². The van der Waals surface area contributed by atoms with Crippen LogP contribution in [0, 0.1) is 0 Å². The minimum Gasteiger partial charge on any atom is -0.352 e. The number of carbonyl (C=O) groups excluding carboxylic acids is 1. The van der Waals surface area contributed by atoms with Gasteiger partial charge in [-0.15, -0.1) is 5.10 Å². The molecule has 0 spiro atoms. The molecule has 0 bridgehead atoms. The van der Waals surface area contributed by atoms with Crippen molar-refractivity contribution in [2.24, 2.45) is 0 Å². The molecule has 22 heavy (non-hydrogen) atoms. The van der Waals surface area contributed by atoms with Crippen LogP contribution < -0.4 is 5.32 Å². The predicted molar refractivity (Wildman–Crippen MR) is 90.4 cm³/mol. The summed E-state index contributed by atoms with van der Waals surface area (Å²) in [6, 6.07) is 9.66. The van der Waals surface area contributed by atoms with E-state index in [-0.39, 0.29) is 5.91 Å². The van der Waals surface area contributed by atoms with Gasteiger partial charge in [-0.3, -0.25) is 4.79 Å². The summed E-state index contributed by atoms with van der Waals surface area (Å²) >= 11 is 1.36. The average molecular weight is 314 g/mol. The van der Waals surface area contributed by atoms with E-state index in [0.29, 0.717) is 12.1 Å². The Bertz CT molecular complexity index is 812. The quantitative estimate of drug-likeness (QED) is 0.735. The zero-order valence-corrected chi connectivity index (χ0v) is 13.5. The fraction of sp³-hybridized carbons (Fsp3) is 0.312. The minimum atomic E-state index is -0.0267. The van der Waals surface area contributed by atoms with Crippen molar-refractivity contribution in [1.82, 2.24) is 19.8 Å². The maximum absolute atomic E-state index is 12.4. The fourth-order valence-corrected chi connectivity index (χ4v) is 3.18. The minimum absolute atomic E-state index is 0.0267. The van der Waals surface area contributed by atoms with Crippen LogP contribution >= 0.6 is 11.5 Å². The number of hydrogen-bond acceptors (Lipinski definition) is 5. The average Bonchev–Trinajstić information content (AvgIpc) is 2.99. The lowest BCUT2D eigenvalue weighted by Crippen LogP contribution is -2.27. The molecular weight excluding hydrogens is 296 g/mol. The van der Waals surface area contributed by atoms with Crippen LogP contribution in [-0.4, -0.2) is 47.6 Å². The summed E-state index contributed by atoms with van der Waals surface area (Å²) in [4.78, 5) is 14.5. The molecule has 0 saturated heterocycles. The number of aromatic nitrogens is 2. The molecule has 0 atom stereocenters. The van der Waals surface area contributed by atoms with E-state index in [4.69, 9.17) is 0 Å². The molecule has 2 aromatic carbocycles. The van der Waals surface area contributed by atoms with Crippen LogP contribution in [0.1, 0.15) is 16.8 Å². The van der Waals surface area contributed by atoms with E-state index < -0.39 is 0 Å². The molecule has 114 valence electrons. The SMILES string of the molecule is CN(C)CCCNC(=O)c1cccc2c1ccc1nnsc12. The zero-order valence-electron chi connectivity index (χ0n) is 12.7. The highest BCUT2D eigenvalue weighted by Crippen LogP contribution is 2.28. The fourth-order valence-electron chi connectivity index (χ4n) is 2.49. The van der Waals surface area contributed by atoms with Crippen LogP contribution in [0.25, 0.3) is 21.0 Å². The largest absolute Gasteiger partial charge is 0.352 e. The molecule has 3 aromatic rings. The lowest BCUT2D eigenvalue weighted by Gasteiger charge is -2.11. The van der Waals surface area contributed by atoms with Crippen molar-refractivity contribution < 1.29 is 4.79 Å². The zero-order chi connectivity index (χ0) is 15.5. The Hall–Kier alpha value is -2.05. The first-order valence-electron chi connectivity index (χ1n) is 7.23. The van der Waals surface area contributed by atoms with Crippen molar-refractivity contribution in [3.8, 4) is 0 Å². The molecule has 0 aliphatic rings. The van der Waals surface area contributed by atoms with E-state index in [1.54, 1.807) is 0 Å². The maximum atomic E-state index is 12.4. The molecule has 3 rings (SSSR count). The Morgan fingerprint density at radius 1 is 1.23 bits per heavy atom. The van der Waals surface area contributed by atoms with Crippen molar-refractivity contribution in [2.75, 3.05) is 27.2 Å². The van der Waals surface area contributed by atoms with Gasteiger partial charge in [0.15, 0.2) is 0 Å². The Balaban J connectivity index is 1.85. The first-order chi connectivity index (χ1) is 10.7. The number of hydrogen-bond donors (Lipinski definition) is 1. The highest BCUT2D eigenvalue weighted by molar-refractivity contribution is 7.14. The second-order valence-corrected chi connectivity index (χ2v) is 6.25. The molecule has 6 heteroatoms. The molecule has 0 fully saturated rings. The number of nitrogens with zero attached hydrogens (tertiary/aromatic N) is 3. The smallest absolute Gasteiger partial charge is 0.251 e. The van der Waals surface area contributed by atoms with Gasteiger partial charge in [-0.1, -0.05) is 22.7 Å². The van der Waals surface area contributed by atoms with Gasteiger partial charge in [-0.2, -0.15) is 0 Å². The van der Waals surface area contributed by atoms with Crippen molar-refractivity contribution in [3.63, 3.8) is 0 Å². The summed E-state index contributed by atoms with van der Waals surface area (Å²) < 4.78 is 5.02. The monoisotopic (exact) mass is 314 g/mol. The van der Waals surface area contributed by atoms with Crippen LogP contribution in [0.4, 0.5) is 0 Å². The number of carbonyl (C=O) groups is 1. The summed E-state index contributed by atoms with van der Waals surface area (Å²) in [6.45, 7) is 1.64. The van der Waals surface area contributed by atoms with Crippen LogP contribution in [0.5, 0.6) is 0 Å². The van der Waals surface area contributed by atoms with Gasteiger partial charge in [0.05, 0.1) is 4.70 Å². The molecule has 0 aliphatic carbocycles. The molecule has 1 heterocycles. The third kappa shape index (κ3) is 2.93. The van der Waals surface area contributed by atoms with Gasteiger partial charge in [-0.05, 0) is 56.1 Å². The topological polar surface area (TPSA) is 58.1 Å². The Morgan fingerprint density at radius 3 is 2.91 bits per heavy atom. The highest BCUT2D eigenvalue weighted by atomic mass is 32.1. The number of benzene rings is 2. The van der Waals surface area contributed by atoms with Gasteiger partial charge in [0, 0.05) is 17.5 Å². The van der Waals surface area contributed by atoms with E-state index in [1.807, 2.05) is 44.4 Å². The molecule has 1 N–H and O–H groups in total. The molecule has 0 radical (unpaired) electrons. The number of rotatable bonds is 5. The Morgan fingerprint density at radius 2 is 2.09 bits per heavy atom. The predicted octanol–water partition coefficient (Wildman–Crippen LogP) is 2.53. The summed E-state index contributed by atoms with van der Waals surface area (Å²) in [5.41, 5.74) is 1.58. The first kappa shape index (κ1) is 14.9. The molecule has 0 saturated carbocycles. The van der Waals surface area contributed by atoms with Gasteiger partial charge >= 0.3 is 0 Å². The van der Waals surface area contributed by atoms with Crippen molar-refractivity contribution >= 4 is 38.4 Å². The number of fused-ring (bicyclic) bond motifs is 3. The lowest BCUT2D eigenvalue weighted by atomic mass is 10.0. The van der Waals surface area contributed by atoms with Crippen molar-refractivity contribution in [2.45, 2.75) is 6.42 Å². The van der Waals surface area contributed by atoms with Crippen LogP contribution in [0.15, 0.2) is 30.3 Å². The maximum Gasteiger partial charge on any atom is 0.251 e. The Kier molecular flexibility index (Phi) is 4.31. The normalized spacial score (nSPS) is 11.4. The van der Waals surface area contributed by atoms with Crippen LogP contribution in [-0.2, 0) is 0 Å². The summed E-state index contributed by atoms with van der Waals surface area (Å²) in [5, 5.41) is 9.06. The molecule has 0 unspecified atom stereocenters. The third-order valence-electron chi connectivity index (χ3n) is 3.58. The second-order valence-electron chi connectivity index (χ2n) is 5.50. The molecule has 0 aliphatic heterocycles. The van der Waals surface area contributed by atoms with Crippen LogP contribution in [0.2, 0.25) is 0 Å². The lowest BCUT2D eigenvalue weighted by molar-refractivity contribution is 0.0954. The first-order valence-corrected chi connectivity index (χ1v) is 8.01. The van der Waals surface area contributed by atoms with Gasteiger partial charge in [0.25, 0.3) is 5.91 Å². The summed E-state index contributed by atoms with van der Waals surface area (Å²) in [7, 11) is 4.06. The molecule has 1 aromatic heterocycles. The van der Waals surface area contributed by atoms with E-state index in [0.717, 1.165) is 34.0 Å². The molecule has 5 nitrogen and oxygen atoms in total. The van der Waals surface area contributed by atoms with Gasteiger partial charge in [0.2, 0.25) is 0 Å². The van der Waals surface area contributed by atoms with E-state index in [9.17, 15) is 4.79 Å². The molecular formula is C16H18N4OS. The summed E-state index contributed by atoms with van der Waals surface area (Å²) in [5.74, 6) is -0.0267. The molecule has 1 amide bonds. The summed E-state index contributed by atoms with van der Waals surface area (Å²) in [6.07, 6.45) is 0.937. The van der Waals surface area contributed by atoms with Gasteiger partial charge in [-0.25, -0.2) is 0 Å². The third-order valence-corrected chi connectivity index (χ3v) is 4.36. The van der Waals surface area contributed by atoms with Gasteiger partial charge in [0.1, 0.15) is 5.52 Å². The van der Waals surface area contributed by atoms with E-state index >= 15 is 0 Å². The highest BCUT2D eigenvalue weighted by Gasteiger charge is 2.12. The van der Waals surface area contributed by atoms with Crippen molar-refractivity contribution in [1.29, 1.82) is 0 Å². The number of nitrogens with one attached hydrogen (secondary N) is 1. The standard InChI is InChI=1S/C16H18N4OS/c1-20(2)10-4-9-17-16(21)13-6-3-5-12-11(13)7-8-14-15(12)22-19-18-14/h3,5-8H,4,9-10H2,1-2H3,(H,17,21). The second kappa shape index (κ2) is 6.37. The van der Waals surface area contributed by atoms with Crippen molar-refractivity contribution in [3.05, 3.63) is 35.9 Å². The van der Waals surface area contributed by atoms with Crippen LogP contribution in [0.3, 0.4) is 0 Å². The number of amides is 1. The van der Waals surface area contributed by atoms with Gasteiger partial charge < -0.3 is 10.2 Å². The van der Waals surface area contributed by atoms with E-state index in [2.05, 4.69) is 19.8 Å². The Labute approximate surface area is 133 Å².